The van der Waals surface area contributed by atoms with Gasteiger partial charge in [-0.25, -0.2) is 13.6 Å². The highest BCUT2D eigenvalue weighted by Gasteiger charge is 2.29. The Labute approximate surface area is 179 Å². The predicted molar refractivity (Wildman–Crippen MR) is 114 cm³/mol. The molecule has 1 unspecified atom stereocenters. The molecular weight excluding hydrogens is 400 g/mol. The Morgan fingerprint density at radius 3 is 2.29 bits per heavy atom. The second-order valence-corrected chi connectivity index (χ2v) is 7.69. The third-order valence-corrected chi connectivity index (χ3v) is 5.65. The van der Waals surface area contributed by atoms with Crippen LogP contribution in [0.5, 0.6) is 0 Å². The first-order valence-corrected chi connectivity index (χ1v) is 10.2. The summed E-state index contributed by atoms with van der Waals surface area (Å²) in [6.45, 7) is -0.00902. The van der Waals surface area contributed by atoms with Gasteiger partial charge in [0.1, 0.15) is 18.2 Å². The first kappa shape index (κ1) is 21.0. The zero-order chi connectivity index (χ0) is 21.8. The molecule has 0 aliphatic heterocycles. The van der Waals surface area contributed by atoms with Gasteiger partial charge in [0.25, 0.3) is 0 Å². The molecule has 0 heterocycles. The number of carbonyl (C=O) groups is 1. The minimum Gasteiger partial charge on any atom is -0.449 e. The molecule has 3 aromatic rings. The van der Waals surface area contributed by atoms with Gasteiger partial charge in [-0.1, -0.05) is 48.5 Å². The SMILES string of the molecule is O=C(NCC(CO)Cc1cc(F)ccc1F)OCC1c2ccccc2-c2ccccc21. The number of benzene rings is 3. The number of nitrogens with one attached hydrogen (secondary N) is 1. The minimum absolute atomic E-state index is 0.0480. The molecule has 31 heavy (non-hydrogen) atoms. The summed E-state index contributed by atoms with van der Waals surface area (Å²) >= 11 is 0. The van der Waals surface area contributed by atoms with E-state index in [9.17, 15) is 18.7 Å². The topological polar surface area (TPSA) is 58.6 Å². The van der Waals surface area contributed by atoms with Crippen LogP contribution in [0.25, 0.3) is 11.1 Å². The zero-order valence-electron chi connectivity index (χ0n) is 16.9. The second-order valence-electron chi connectivity index (χ2n) is 7.69. The lowest BCUT2D eigenvalue weighted by Gasteiger charge is -2.17. The van der Waals surface area contributed by atoms with Crippen LogP contribution in [0.2, 0.25) is 0 Å². The molecule has 0 spiro atoms. The molecule has 0 bridgehead atoms. The van der Waals surface area contributed by atoms with Crippen molar-refractivity contribution in [2.75, 3.05) is 19.8 Å². The lowest BCUT2D eigenvalue weighted by molar-refractivity contribution is 0.138. The molecule has 1 aliphatic rings. The quantitative estimate of drug-likeness (QED) is 0.581. The van der Waals surface area contributed by atoms with Crippen molar-refractivity contribution in [3.8, 4) is 11.1 Å². The summed E-state index contributed by atoms with van der Waals surface area (Å²) < 4.78 is 32.7. The number of hydrogen-bond acceptors (Lipinski definition) is 3. The Morgan fingerprint density at radius 1 is 1.00 bits per heavy atom. The van der Waals surface area contributed by atoms with Gasteiger partial charge in [0.15, 0.2) is 0 Å². The molecule has 1 aliphatic carbocycles. The number of amides is 1. The van der Waals surface area contributed by atoms with E-state index in [2.05, 4.69) is 17.4 Å². The number of fused-ring (bicyclic) bond motifs is 3. The summed E-state index contributed by atoms with van der Waals surface area (Å²) in [5, 5.41) is 12.2. The Balaban J connectivity index is 1.35. The van der Waals surface area contributed by atoms with Crippen molar-refractivity contribution in [2.45, 2.75) is 12.3 Å². The van der Waals surface area contributed by atoms with Crippen LogP contribution in [-0.4, -0.2) is 31.0 Å². The van der Waals surface area contributed by atoms with Crippen molar-refractivity contribution in [3.05, 3.63) is 95.1 Å². The Kier molecular flexibility index (Phi) is 6.28. The summed E-state index contributed by atoms with van der Waals surface area (Å²) in [6.07, 6.45) is -0.510. The number of aliphatic hydroxyl groups excluding tert-OH is 1. The summed E-state index contributed by atoms with van der Waals surface area (Å²) in [7, 11) is 0. The standard InChI is InChI=1S/C25H23F2NO3/c26-18-9-10-24(27)17(12-18)11-16(14-29)13-28-25(30)31-15-23-21-7-3-1-5-19(21)20-6-2-4-8-22(20)23/h1-10,12,16,23,29H,11,13-15H2,(H,28,30). The fourth-order valence-corrected chi connectivity index (χ4v) is 4.09. The van der Waals surface area contributed by atoms with Crippen molar-refractivity contribution in [3.63, 3.8) is 0 Å². The molecule has 0 saturated carbocycles. The van der Waals surface area contributed by atoms with Gasteiger partial charge < -0.3 is 15.2 Å². The number of aliphatic hydroxyl groups is 1. The van der Waals surface area contributed by atoms with Crippen LogP contribution in [0.3, 0.4) is 0 Å². The van der Waals surface area contributed by atoms with Crippen molar-refractivity contribution in [1.29, 1.82) is 0 Å². The average Bonchev–Trinajstić information content (AvgIpc) is 3.11. The van der Waals surface area contributed by atoms with E-state index in [1.165, 1.54) is 0 Å². The highest BCUT2D eigenvalue weighted by Crippen LogP contribution is 2.44. The Hall–Kier alpha value is -3.25. The number of ether oxygens (including phenoxy) is 1. The number of hydrogen-bond donors (Lipinski definition) is 2. The lowest BCUT2D eigenvalue weighted by atomic mass is 9.98. The van der Waals surface area contributed by atoms with E-state index in [0.717, 1.165) is 40.5 Å². The van der Waals surface area contributed by atoms with Crippen LogP contribution in [-0.2, 0) is 11.2 Å². The lowest BCUT2D eigenvalue weighted by Crippen LogP contribution is -2.33. The van der Waals surface area contributed by atoms with E-state index in [1.54, 1.807) is 0 Å². The molecule has 0 saturated heterocycles. The Bertz CT molecular complexity index is 1040. The van der Waals surface area contributed by atoms with Gasteiger partial charge in [-0.15, -0.1) is 0 Å². The van der Waals surface area contributed by atoms with Crippen LogP contribution in [0, 0.1) is 17.6 Å². The molecule has 0 radical (unpaired) electrons. The van der Waals surface area contributed by atoms with Crippen LogP contribution in [0.4, 0.5) is 13.6 Å². The molecule has 1 amide bonds. The smallest absolute Gasteiger partial charge is 0.407 e. The second kappa shape index (κ2) is 9.27. The summed E-state index contributed by atoms with van der Waals surface area (Å²) in [5.74, 6) is -1.59. The maximum Gasteiger partial charge on any atom is 0.407 e. The fourth-order valence-electron chi connectivity index (χ4n) is 4.09. The normalized spacial score (nSPS) is 13.4. The van der Waals surface area contributed by atoms with Crippen LogP contribution >= 0.6 is 0 Å². The van der Waals surface area contributed by atoms with Crippen LogP contribution < -0.4 is 5.32 Å². The third kappa shape index (κ3) is 4.59. The van der Waals surface area contributed by atoms with Crippen molar-refractivity contribution in [2.24, 2.45) is 5.92 Å². The number of rotatable bonds is 7. The third-order valence-electron chi connectivity index (χ3n) is 5.65. The van der Waals surface area contributed by atoms with Gasteiger partial charge in [0.2, 0.25) is 0 Å². The largest absolute Gasteiger partial charge is 0.449 e. The number of alkyl carbamates (subject to hydrolysis) is 1. The molecule has 1 atom stereocenters. The van der Waals surface area contributed by atoms with E-state index in [4.69, 9.17) is 4.74 Å². The minimum atomic E-state index is -0.611. The molecule has 2 N–H and O–H groups in total. The first-order valence-electron chi connectivity index (χ1n) is 10.2. The molecule has 6 heteroatoms. The van der Waals surface area contributed by atoms with Crippen LogP contribution in [0.1, 0.15) is 22.6 Å². The van der Waals surface area contributed by atoms with E-state index in [-0.39, 0.29) is 37.7 Å². The highest BCUT2D eigenvalue weighted by molar-refractivity contribution is 5.79. The number of halogens is 2. The Morgan fingerprint density at radius 2 is 1.65 bits per heavy atom. The number of carbonyl (C=O) groups excluding carboxylic acids is 1. The van der Waals surface area contributed by atoms with Gasteiger partial charge in [0, 0.05) is 25.0 Å². The summed E-state index contributed by atoms with van der Waals surface area (Å²) in [4.78, 5) is 12.3. The zero-order valence-corrected chi connectivity index (χ0v) is 16.9. The average molecular weight is 423 g/mol. The molecular formula is C25H23F2NO3. The van der Waals surface area contributed by atoms with Crippen LogP contribution in [0.15, 0.2) is 66.7 Å². The van der Waals surface area contributed by atoms with E-state index in [1.807, 2.05) is 36.4 Å². The van der Waals surface area contributed by atoms with Gasteiger partial charge in [-0.05, 0) is 52.4 Å². The van der Waals surface area contributed by atoms with E-state index >= 15 is 0 Å². The summed E-state index contributed by atoms with van der Waals surface area (Å²) in [6, 6.07) is 19.3. The molecule has 4 rings (SSSR count). The van der Waals surface area contributed by atoms with Crippen molar-refractivity contribution >= 4 is 6.09 Å². The summed E-state index contributed by atoms with van der Waals surface area (Å²) in [5.41, 5.74) is 4.68. The van der Waals surface area contributed by atoms with Gasteiger partial charge >= 0.3 is 6.09 Å². The van der Waals surface area contributed by atoms with Gasteiger partial charge in [0.05, 0.1) is 0 Å². The molecule has 0 aromatic heterocycles. The maximum atomic E-state index is 13.8. The molecule has 4 nitrogen and oxygen atoms in total. The van der Waals surface area contributed by atoms with Gasteiger partial charge in [-0.3, -0.25) is 0 Å². The molecule has 160 valence electrons. The fraction of sp³-hybridized carbons (Fsp3) is 0.240. The van der Waals surface area contributed by atoms with E-state index in [0.29, 0.717) is 0 Å². The molecule has 3 aromatic carbocycles. The van der Waals surface area contributed by atoms with Crippen molar-refractivity contribution in [1.82, 2.24) is 5.32 Å². The first-order chi connectivity index (χ1) is 15.1. The highest BCUT2D eigenvalue weighted by atomic mass is 19.1. The van der Waals surface area contributed by atoms with E-state index < -0.39 is 23.6 Å². The molecule has 0 fully saturated rings. The van der Waals surface area contributed by atoms with Gasteiger partial charge in [-0.2, -0.15) is 0 Å². The maximum absolute atomic E-state index is 13.8. The predicted octanol–water partition coefficient (Wildman–Crippen LogP) is 4.65. The van der Waals surface area contributed by atoms with Crippen molar-refractivity contribution < 1.29 is 23.4 Å². The monoisotopic (exact) mass is 423 g/mol.